The molecule has 0 aliphatic carbocycles. The van der Waals surface area contributed by atoms with E-state index in [-0.39, 0.29) is 10.7 Å². The van der Waals surface area contributed by atoms with E-state index in [1.54, 1.807) is 24.3 Å². The Morgan fingerprint density at radius 1 is 1.00 bits per heavy atom. The van der Waals surface area contributed by atoms with Crippen molar-refractivity contribution in [1.82, 2.24) is 4.72 Å². The van der Waals surface area contributed by atoms with E-state index < -0.39 is 20.9 Å². The van der Waals surface area contributed by atoms with Crippen LogP contribution in [0.1, 0.15) is 22.9 Å². The van der Waals surface area contributed by atoms with Crippen molar-refractivity contribution in [3.8, 4) is 17.2 Å². The number of ketones is 1. The van der Waals surface area contributed by atoms with Crippen LogP contribution in [-0.4, -0.2) is 41.6 Å². The predicted octanol–water partition coefficient (Wildman–Crippen LogP) is 3.39. The summed E-state index contributed by atoms with van der Waals surface area (Å²) in [4.78, 5) is 11.7. The quantitative estimate of drug-likeness (QED) is 0.547. The van der Waals surface area contributed by atoms with Crippen molar-refractivity contribution in [1.29, 1.82) is 0 Å². The second-order valence-corrected chi connectivity index (χ2v) is 9.08. The SMILES string of the molecule is COc1cc([C@@H](Br)[C@@H](NS(=O)(=O)c2ccc(C)cc2)C(C)=O)cc(OC)c1OC. The van der Waals surface area contributed by atoms with E-state index in [2.05, 4.69) is 20.7 Å². The van der Waals surface area contributed by atoms with Crippen LogP contribution in [0.2, 0.25) is 0 Å². The van der Waals surface area contributed by atoms with Crippen molar-refractivity contribution in [2.45, 2.75) is 29.6 Å². The van der Waals surface area contributed by atoms with E-state index in [1.807, 2.05) is 6.92 Å². The van der Waals surface area contributed by atoms with Gasteiger partial charge in [-0.05, 0) is 43.7 Å². The lowest BCUT2D eigenvalue weighted by Gasteiger charge is -2.23. The number of nitrogens with one attached hydrogen (secondary N) is 1. The van der Waals surface area contributed by atoms with E-state index in [4.69, 9.17) is 14.2 Å². The number of hydrogen-bond donors (Lipinski definition) is 1. The standard InChI is InChI=1S/C20H24BrNO6S/c1-12-6-8-15(9-7-12)29(24,25)22-19(13(2)23)18(21)14-10-16(26-3)20(28-5)17(11-14)27-4/h6-11,18-19,22H,1-5H3/t18-,19+/m1/s1. The molecule has 0 bridgehead atoms. The molecule has 1 N–H and O–H groups in total. The Morgan fingerprint density at radius 3 is 1.93 bits per heavy atom. The molecule has 0 fully saturated rings. The minimum absolute atomic E-state index is 0.0824. The Bertz CT molecular complexity index is 950. The van der Waals surface area contributed by atoms with Crippen LogP contribution in [0.15, 0.2) is 41.3 Å². The van der Waals surface area contributed by atoms with Gasteiger partial charge in [0.25, 0.3) is 0 Å². The molecule has 0 amide bonds. The van der Waals surface area contributed by atoms with E-state index in [0.717, 1.165) is 5.56 Å². The first kappa shape index (κ1) is 23.2. The van der Waals surface area contributed by atoms with Crippen LogP contribution in [0.3, 0.4) is 0 Å². The number of alkyl halides is 1. The molecule has 9 heteroatoms. The van der Waals surface area contributed by atoms with Gasteiger partial charge in [-0.15, -0.1) is 0 Å². The van der Waals surface area contributed by atoms with Crippen molar-refractivity contribution in [2.24, 2.45) is 0 Å². The number of benzene rings is 2. The maximum Gasteiger partial charge on any atom is 0.241 e. The number of halogens is 1. The molecule has 0 radical (unpaired) electrons. The minimum atomic E-state index is -3.91. The van der Waals surface area contributed by atoms with Gasteiger partial charge in [0.15, 0.2) is 11.5 Å². The first-order valence-corrected chi connectivity index (χ1v) is 11.1. The number of sulfonamides is 1. The highest BCUT2D eigenvalue weighted by Gasteiger charge is 2.31. The lowest BCUT2D eigenvalue weighted by Crippen LogP contribution is -2.42. The first-order chi connectivity index (χ1) is 13.6. The number of aryl methyl sites for hydroxylation is 1. The zero-order chi connectivity index (χ0) is 21.8. The van der Waals surface area contributed by atoms with Crippen LogP contribution in [0.5, 0.6) is 17.2 Å². The van der Waals surface area contributed by atoms with Gasteiger partial charge in [0, 0.05) is 0 Å². The number of carbonyl (C=O) groups is 1. The summed E-state index contributed by atoms with van der Waals surface area (Å²) in [5.41, 5.74) is 1.52. The molecule has 2 rings (SSSR count). The molecule has 29 heavy (non-hydrogen) atoms. The van der Waals surface area contributed by atoms with Gasteiger partial charge in [-0.2, -0.15) is 4.72 Å². The van der Waals surface area contributed by atoms with Gasteiger partial charge >= 0.3 is 0 Å². The summed E-state index contributed by atoms with van der Waals surface area (Å²) < 4.78 is 44.1. The molecule has 2 aromatic rings. The third-order valence-corrected chi connectivity index (χ3v) is 6.86. The van der Waals surface area contributed by atoms with Crippen LogP contribution < -0.4 is 18.9 Å². The fourth-order valence-corrected chi connectivity index (χ4v) is 4.96. The lowest BCUT2D eigenvalue weighted by atomic mass is 10.0. The summed E-state index contributed by atoms with van der Waals surface area (Å²) >= 11 is 3.46. The molecule has 158 valence electrons. The highest BCUT2D eigenvalue weighted by atomic mass is 79.9. The van der Waals surface area contributed by atoms with E-state index in [9.17, 15) is 13.2 Å². The summed E-state index contributed by atoms with van der Waals surface area (Å²) in [6.07, 6.45) is 0. The summed E-state index contributed by atoms with van der Waals surface area (Å²) in [5.74, 6) is 0.847. The Kier molecular flexibility index (Phi) is 7.67. The molecule has 0 spiro atoms. The number of rotatable bonds is 9. The molecule has 2 atom stereocenters. The summed E-state index contributed by atoms with van der Waals surface area (Å²) in [7, 11) is 0.537. The summed E-state index contributed by atoms with van der Waals surface area (Å²) in [6.45, 7) is 3.19. The zero-order valence-electron chi connectivity index (χ0n) is 16.9. The zero-order valence-corrected chi connectivity index (χ0v) is 19.3. The van der Waals surface area contributed by atoms with E-state index in [1.165, 1.54) is 40.4 Å². The highest BCUT2D eigenvalue weighted by Crippen LogP contribution is 2.42. The Morgan fingerprint density at radius 2 is 1.52 bits per heavy atom. The number of methoxy groups -OCH3 is 3. The second-order valence-electron chi connectivity index (χ2n) is 6.38. The molecule has 0 saturated carbocycles. The Balaban J connectivity index is 2.43. The van der Waals surface area contributed by atoms with Gasteiger partial charge in [0.2, 0.25) is 15.8 Å². The largest absolute Gasteiger partial charge is 0.493 e. The average Bonchev–Trinajstić information content (AvgIpc) is 2.70. The molecule has 0 aromatic heterocycles. The van der Waals surface area contributed by atoms with Gasteiger partial charge in [0.1, 0.15) is 5.78 Å². The predicted molar refractivity (Wildman–Crippen MR) is 114 cm³/mol. The van der Waals surface area contributed by atoms with Crippen LogP contribution in [-0.2, 0) is 14.8 Å². The van der Waals surface area contributed by atoms with Crippen LogP contribution in [0.25, 0.3) is 0 Å². The van der Waals surface area contributed by atoms with Gasteiger partial charge in [-0.25, -0.2) is 8.42 Å². The number of carbonyl (C=O) groups excluding carboxylic acids is 1. The smallest absolute Gasteiger partial charge is 0.241 e. The van der Waals surface area contributed by atoms with Crippen molar-refractivity contribution in [2.75, 3.05) is 21.3 Å². The number of hydrogen-bond acceptors (Lipinski definition) is 6. The number of Topliss-reactive ketones (excluding diaryl/α,β-unsaturated/α-hetero) is 1. The van der Waals surface area contributed by atoms with Gasteiger partial charge in [-0.3, -0.25) is 4.79 Å². The maximum absolute atomic E-state index is 12.8. The van der Waals surface area contributed by atoms with Crippen molar-refractivity contribution in [3.63, 3.8) is 0 Å². The fourth-order valence-electron chi connectivity index (χ4n) is 2.75. The maximum atomic E-state index is 12.8. The molecule has 0 aliphatic heterocycles. The molecular weight excluding hydrogens is 462 g/mol. The monoisotopic (exact) mass is 485 g/mol. The fraction of sp³-hybridized carbons (Fsp3) is 0.350. The summed E-state index contributed by atoms with van der Waals surface area (Å²) in [6, 6.07) is 8.66. The van der Waals surface area contributed by atoms with Crippen molar-refractivity contribution >= 4 is 31.7 Å². The van der Waals surface area contributed by atoms with E-state index in [0.29, 0.717) is 22.8 Å². The van der Waals surface area contributed by atoms with Crippen LogP contribution in [0, 0.1) is 6.92 Å². The van der Waals surface area contributed by atoms with Crippen LogP contribution >= 0.6 is 15.9 Å². The average molecular weight is 486 g/mol. The van der Waals surface area contributed by atoms with Crippen LogP contribution in [0.4, 0.5) is 0 Å². The van der Waals surface area contributed by atoms with Crippen molar-refractivity contribution < 1.29 is 27.4 Å². The highest BCUT2D eigenvalue weighted by molar-refractivity contribution is 9.09. The Labute approximate surface area is 179 Å². The Hall–Kier alpha value is -2.10. The number of ether oxygens (including phenoxy) is 3. The summed E-state index contributed by atoms with van der Waals surface area (Å²) in [5, 5.41) is 0. The molecule has 2 aromatic carbocycles. The molecule has 0 aliphatic rings. The lowest BCUT2D eigenvalue weighted by molar-refractivity contribution is -0.118. The van der Waals surface area contributed by atoms with Gasteiger partial charge in [0.05, 0.1) is 37.1 Å². The normalized spacial score (nSPS) is 13.4. The molecule has 7 nitrogen and oxygen atoms in total. The topological polar surface area (TPSA) is 90.9 Å². The second kappa shape index (κ2) is 9.60. The third-order valence-electron chi connectivity index (χ3n) is 4.35. The molecule has 0 unspecified atom stereocenters. The third kappa shape index (κ3) is 5.29. The van der Waals surface area contributed by atoms with Gasteiger partial charge in [-0.1, -0.05) is 33.6 Å². The molecular formula is C20H24BrNO6S. The van der Waals surface area contributed by atoms with E-state index >= 15 is 0 Å². The first-order valence-electron chi connectivity index (χ1n) is 8.68. The molecule has 0 saturated heterocycles. The molecule has 0 heterocycles. The van der Waals surface area contributed by atoms with Crippen molar-refractivity contribution in [3.05, 3.63) is 47.5 Å². The van der Waals surface area contributed by atoms with Gasteiger partial charge < -0.3 is 14.2 Å². The minimum Gasteiger partial charge on any atom is -0.493 e.